The molecule has 0 unspecified atom stereocenters. The molecule has 0 heterocycles. The first-order chi connectivity index (χ1) is 8.04. The van der Waals surface area contributed by atoms with Crippen molar-refractivity contribution in [3.05, 3.63) is 35.1 Å². The summed E-state index contributed by atoms with van der Waals surface area (Å²) in [7, 11) is 1.15. The number of hydrogen-bond donors (Lipinski definition) is 1. The second-order valence-electron chi connectivity index (χ2n) is 3.33. The zero-order chi connectivity index (χ0) is 12.8. The van der Waals surface area contributed by atoms with Crippen LogP contribution in [-0.2, 0) is 11.3 Å². The summed E-state index contributed by atoms with van der Waals surface area (Å²) < 4.78 is 41.4. The molecular formula is C11H12F3NO2. The fraction of sp³-hybridized carbons (Fsp3) is 0.364. The van der Waals surface area contributed by atoms with Gasteiger partial charge in [-0.1, -0.05) is 6.07 Å². The predicted molar refractivity (Wildman–Crippen MR) is 55.5 cm³/mol. The first-order valence-electron chi connectivity index (χ1n) is 4.90. The first kappa shape index (κ1) is 13.5. The minimum absolute atomic E-state index is 0.114. The largest absolute Gasteiger partial charge is 0.465 e. The number of ether oxygens (including phenoxy) is 1. The Bertz CT molecular complexity index is 396. The Balaban J connectivity index is 2.65. The highest BCUT2D eigenvalue weighted by molar-refractivity contribution is 5.89. The van der Waals surface area contributed by atoms with E-state index in [9.17, 15) is 18.0 Å². The van der Waals surface area contributed by atoms with Crippen molar-refractivity contribution in [2.45, 2.75) is 13.0 Å². The molecule has 0 amide bonds. The maximum atomic E-state index is 13.4. The van der Waals surface area contributed by atoms with Gasteiger partial charge in [-0.15, -0.1) is 0 Å². The van der Waals surface area contributed by atoms with E-state index in [1.165, 1.54) is 12.1 Å². The molecular weight excluding hydrogens is 235 g/mol. The van der Waals surface area contributed by atoms with Crippen LogP contribution in [0.2, 0.25) is 0 Å². The van der Waals surface area contributed by atoms with Gasteiger partial charge >= 0.3 is 5.97 Å². The molecule has 0 saturated heterocycles. The molecule has 0 bridgehead atoms. The number of carbonyl (C=O) groups is 1. The Labute approximate surface area is 96.6 Å². The molecule has 94 valence electrons. The SMILES string of the molecule is COC(=O)c1ccc(CNCC(F)F)cc1F. The second-order valence-corrected chi connectivity index (χ2v) is 3.33. The van der Waals surface area contributed by atoms with E-state index in [0.717, 1.165) is 13.2 Å². The van der Waals surface area contributed by atoms with Gasteiger partial charge in [-0.05, 0) is 17.7 Å². The number of hydrogen-bond acceptors (Lipinski definition) is 3. The van der Waals surface area contributed by atoms with Crippen molar-refractivity contribution in [1.29, 1.82) is 0 Å². The maximum absolute atomic E-state index is 13.4. The molecule has 0 atom stereocenters. The number of nitrogens with one attached hydrogen (secondary N) is 1. The van der Waals surface area contributed by atoms with Crippen LogP contribution in [-0.4, -0.2) is 26.0 Å². The number of benzene rings is 1. The minimum Gasteiger partial charge on any atom is -0.465 e. The van der Waals surface area contributed by atoms with Gasteiger partial charge in [0.25, 0.3) is 6.43 Å². The zero-order valence-corrected chi connectivity index (χ0v) is 9.17. The molecule has 0 fully saturated rings. The van der Waals surface area contributed by atoms with E-state index in [1.54, 1.807) is 0 Å². The van der Waals surface area contributed by atoms with Crippen molar-refractivity contribution in [1.82, 2.24) is 5.32 Å². The second kappa shape index (κ2) is 6.24. The summed E-state index contributed by atoms with van der Waals surface area (Å²) in [6, 6.07) is 3.86. The predicted octanol–water partition coefficient (Wildman–Crippen LogP) is 1.97. The van der Waals surface area contributed by atoms with E-state index < -0.39 is 24.8 Å². The van der Waals surface area contributed by atoms with Gasteiger partial charge in [0.2, 0.25) is 0 Å². The van der Waals surface area contributed by atoms with Gasteiger partial charge in [-0.3, -0.25) is 0 Å². The molecule has 0 aliphatic heterocycles. The minimum atomic E-state index is -2.45. The van der Waals surface area contributed by atoms with E-state index >= 15 is 0 Å². The summed E-state index contributed by atoms with van der Waals surface area (Å²) in [5.74, 6) is -1.50. The van der Waals surface area contributed by atoms with Crippen LogP contribution in [0.4, 0.5) is 13.2 Å². The lowest BCUT2D eigenvalue weighted by Crippen LogP contribution is -2.20. The fourth-order valence-corrected chi connectivity index (χ4v) is 1.27. The maximum Gasteiger partial charge on any atom is 0.340 e. The normalized spacial score (nSPS) is 10.6. The highest BCUT2D eigenvalue weighted by Crippen LogP contribution is 2.11. The third-order valence-corrected chi connectivity index (χ3v) is 2.07. The molecule has 3 nitrogen and oxygen atoms in total. The first-order valence-corrected chi connectivity index (χ1v) is 4.90. The lowest BCUT2D eigenvalue weighted by Gasteiger charge is -2.06. The summed E-state index contributed by atoms with van der Waals surface area (Å²) in [6.07, 6.45) is -2.45. The third kappa shape index (κ3) is 4.07. The van der Waals surface area contributed by atoms with Crippen molar-refractivity contribution >= 4 is 5.97 Å². The van der Waals surface area contributed by atoms with E-state index in [-0.39, 0.29) is 12.1 Å². The molecule has 0 aliphatic carbocycles. The van der Waals surface area contributed by atoms with Crippen LogP contribution < -0.4 is 5.32 Å². The van der Waals surface area contributed by atoms with Gasteiger partial charge < -0.3 is 10.1 Å². The molecule has 17 heavy (non-hydrogen) atoms. The van der Waals surface area contributed by atoms with Crippen molar-refractivity contribution < 1.29 is 22.7 Å². The molecule has 1 N–H and O–H groups in total. The van der Waals surface area contributed by atoms with Crippen LogP contribution in [0.5, 0.6) is 0 Å². The summed E-state index contributed by atoms with van der Waals surface area (Å²) in [6.45, 7) is -0.344. The number of methoxy groups -OCH3 is 1. The van der Waals surface area contributed by atoms with E-state index in [0.29, 0.717) is 5.56 Å². The zero-order valence-electron chi connectivity index (χ0n) is 9.17. The van der Waals surface area contributed by atoms with E-state index in [2.05, 4.69) is 10.1 Å². The van der Waals surface area contributed by atoms with Crippen LogP contribution in [0, 0.1) is 5.82 Å². The van der Waals surface area contributed by atoms with Gasteiger partial charge in [-0.25, -0.2) is 18.0 Å². The Kier molecular flexibility index (Phi) is 4.96. The molecule has 0 radical (unpaired) electrons. The Morgan fingerprint density at radius 1 is 1.47 bits per heavy atom. The van der Waals surface area contributed by atoms with Gasteiger partial charge in [0.1, 0.15) is 5.82 Å². The van der Waals surface area contributed by atoms with Crippen molar-refractivity contribution in [2.75, 3.05) is 13.7 Å². The lowest BCUT2D eigenvalue weighted by atomic mass is 10.1. The summed E-state index contributed by atoms with van der Waals surface area (Å²) >= 11 is 0. The molecule has 0 spiro atoms. The van der Waals surface area contributed by atoms with Gasteiger partial charge in [0.15, 0.2) is 0 Å². The van der Waals surface area contributed by atoms with Crippen LogP contribution in [0.25, 0.3) is 0 Å². The van der Waals surface area contributed by atoms with Crippen molar-refractivity contribution in [3.8, 4) is 0 Å². The summed E-state index contributed by atoms with van der Waals surface area (Å²) in [5.41, 5.74) is 0.306. The Hall–Kier alpha value is -1.56. The number of halogens is 3. The molecule has 0 aromatic heterocycles. The number of esters is 1. The number of alkyl halides is 2. The standard InChI is InChI=1S/C11H12F3NO2/c1-17-11(16)8-3-2-7(4-9(8)12)5-15-6-10(13)14/h2-4,10,15H,5-6H2,1H3. The summed E-state index contributed by atoms with van der Waals surface area (Å²) in [5, 5.41) is 2.46. The molecule has 1 aromatic carbocycles. The topological polar surface area (TPSA) is 38.3 Å². The Morgan fingerprint density at radius 3 is 2.71 bits per heavy atom. The van der Waals surface area contributed by atoms with Crippen molar-refractivity contribution in [2.24, 2.45) is 0 Å². The molecule has 0 aliphatic rings. The average molecular weight is 247 g/mol. The average Bonchev–Trinajstić information content (AvgIpc) is 2.28. The monoisotopic (exact) mass is 247 g/mol. The highest BCUT2D eigenvalue weighted by Gasteiger charge is 2.12. The van der Waals surface area contributed by atoms with Crippen molar-refractivity contribution in [3.63, 3.8) is 0 Å². The fourth-order valence-electron chi connectivity index (χ4n) is 1.27. The van der Waals surface area contributed by atoms with Crippen LogP contribution in [0.1, 0.15) is 15.9 Å². The third-order valence-electron chi connectivity index (χ3n) is 2.07. The molecule has 1 rings (SSSR count). The van der Waals surface area contributed by atoms with E-state index in [1.807, 2.05) is 0 Å². The van der Waals surface area contributed by atoms with Gasteiger partial charge in [0.05, 0.1) is 19.2 Å². The van der Waals surface area contributed by atoms with Crippen LogP contribution in [0.3, 0.4) is 0 Å². The highest BCUT2D eigenvalue weighted by atomic mass is 19.3. The molecule has 0 saturated carbocycles. The van der Waals surface area contributed by atoms with E-state index in [4.69, 9.17) is 0 Å². The lowest BCUT2D eigenvalue weighted by molar-refractivity contribution is 0.0595. The van der Waals surface area contributed by atoms with Gasteiger partial charge in [0, 0.05) is 6.54 Å². The quantitative estimate of drug-likeness (QED) is 0.808. The molecule has 1 aromatic rings. The number of carbonyl (C=O) groups excluding carboxylic acids is 1. The van der Waals surface area contributed by atoms with Crippen LogP contribution >= 0.6 is 0 Å². The number of rotatable bonds is 5. The van der Waals surface area contributed by atoms with Gasteiger partial charge in [-0.2, -0.15) is 0 Å². The summed E-state index contributed by atoms with van der Waals surface area (Å²) in [4.78, 5) is 11.1. The molecule has 6 heteroatoms. The van der Waals surface area contributed by atoms with Crippen LogP contribution in [0.15, 0.2) is 18.2 Å². The smallest absolute Gasteiger partial charge is 0.340 e. The Morgan fingerprint density at radius 2 is 2.18 bits per heavy atom.